The van der Waals surface area contributed by atoms with E-state index < -0.39 is 11.1 Å². The molecule has 2 N–H and O–H groups in total. The maximum absolute atomic E-state index is 12.6. The summed E-state index contributed by atoms with van der Waals surface area (Å²) in [5, 5.41) is 18.2. The maximum atomic E-state index is 12.6. The molecule has 0 fully saturated rings. The van der Waals surface area contributed by atoms with Crippen molar-refractivity contribution in [1.82, 2.24) is 5.32 Å². The van der Waals surface area contributed by atoms with E-state index in [9.17, 15) is 14.9 Å². The zero-order valence-corrected chi connectivity index (χ0v) is 13.1. The molecule has 0 bridgehead atoms. The number of hydrogen-bond donors (Lipinski definition) is 2. The van der Waals surface area contributed by atoms with Crippen molar-refractivity contribution in [3.05, 3.63) is 55.9 Å². The third-order valence-electron chi connectivity index (χ3n) is 4.39. The van der Waals surface area contributed by atoms with Gasteiger partial charge in [-0.25, -0.2) is 0 Å². The summed E-state index contributed by atoms with van der Waals surface area (Å²) in [6.07, 6.45) is 3.64. The third kappa shape index (κ3) is 2.28. The average Bonchev–Trinajstić information content (AvgIpc) is 2.93. The summed E-state index contributed by atoms with van der Waals surface area (Å²) in [5.41, 5.74) is 2.37. The monoisotopic (exact) mass is 329 g/mol. The van der Waals surface area contributed by atoms with E-state index in [1.807, 2.05) is 0 Å². The Kier molecular flexibility index (Phi) is 3.30. The number of benzene rings is 1. The van der Waals surface area contributed by atoms with Crippen molar-refractivity contribution in [3.8, 4) is 0 Å². The first-order chi connectivity index (χ1) is 11.1. The predicted octanol–water partition coefficient (Wildman–Crippen LogP) is 3.39. The van der Waals surface area contributed by atoms with Gasteiger partial charge in [0.05, 0.1) is 16.1 Å². The summed E-state index contributed by atoms with van der Waals surface area (Å²) in [4.78, 5) is 24.6. The van der Waals surface area contributed by atoms with Gasteiger partial charge in [0.2, 0.25) is 0 Å². The summed E-state index contributed by atoms with van der Waals surface area (Å²) in [6, 6.07) is 6.50. The van der Waals surface area contributed by atoms with Gasteiger partial charge in [0.1, 0.15) is 11.2 Å². The Morgan fingerprint density at radius 1 is 1.17 bits per heavy atom. The highest BCUT2D eigenvalue weighted by Gasteiger charge is 2.34. The molecule has 1 aliphatic heterocycles. The minimum absolute atomic E-state index is 0.00932. The van der Waals surface area contributed by atoms with E-state index in [1.54, 1.807) is 29.5 Å². The standard InChI is InChI=1S/C16H15N3O3S/c20-15-13-10-6-2-4-8-12(10)23-16(13)18-14(17-15)9-5-1-3-7-11(9)19(21)22/h1,3,5,7,14,18H,2,4,6,8H2,(H,17,20)/t14-/m1/s1. The van der Waals surface area contributed by atoms with E-state index in [0.29, 0.717) is 5.56 Å². The number of para-hydroxylation sites is 1. The summed E-state index contributed by atoms with van der Waals surface area (Å²) in [5.74, 6) is -0.138. The van der Waals surface area contributed by atoms with Gasteiger partial charge in [-0.3, -0.25) is 14.9 Å². The van der Waals surface area contributed by atoms with Crippen molar-refractivity contribution in [2.75, 3.05) is 5.32 Å². The number of nitro benzene ring substituents is 1. The Balaban J connectivity index is 1.75. The van der Waals surface area contributed by atoms with Crippen LogP contribution in [0.4, 0.5) is 10.7 Å². The summed E-state index contributed by atoms with van der Waals surface area (Å²) >= 11 is 1.61. The van der Waals surface area contributed by atoms with Crippen LogP contribution in [0.15, 0.2) is 24.3 Å². The van der Waals surface area contributed by atoms with Crippen LogP contribution < -0.4 is 10.6 Å². The molecule has 0 spiro atoms. The van der Waals surface area contributed by atoms with Gasteiger partial charge in [0.15, 0.2) is 0 Å². The number of carbonyl (C=O) groups is 1. The van der Waals surface area contributed by atoms with Crippen LogP contribution in [0.2, 0.25) is 0 Å². The maximum Gasteiger partial charge on any atom is 0.276 e. The molecular formula is C16H15N3O3S. The number of anilines is 1. The number of nitrogens with zero attached hydrogens (tertiary/aromatic N) is 1. The summed E-state index contributed by atoms with van der Waals surface area (Å²) in [6.45, 7) is 0. The Morgan fingerprint density at radius 3 is 2.78 bits per heavy atom. The van der Waals surface area contributed by atoms with Crippen LogP contribution in [-0.4, -0.2) is 10.8 Å². The highest BCUT2D eigenvalue weighted by atomic mass is 32.1. The molecule has 0 saturated carbocycles. The zero-order valence-electron chi connectivity index (χ0n) is 12.3. The number of rotatable bonds is 2. The zero-order chi connectivity index (χ0) is 16.0. The van der Waals surface area contributed by atoms with E-state index in [0.717, 1.165) is 41.8 Å². The van der Waals surface area contributed by atoms with Crippen molar-refractivity contribution >= 4 is 27.9 Å². The molecule has 6 nitrogen and oxygen atoms in total. The molecule has 2 aromatic rings. The van der Waals surface area contributed by atoms with Crippen LogP contribution >= 0.6 is 11.3 Å². The first kappa shape index (κ1) is 14.2. The van der Waals surface area contributed by atoms with Gasteiger partial charge >= 0.3 is 0 Å². The van der Waals surface area contributed by atoms with Crippen LogP contribution in [0, 0.1) is 10.1 Å². The first-order valence-electron chi connectivity index (χ1n) is 7.60. The molecule has 118 valence electrons. The smallest absolute Gasteiger partial charge is 0.276 e. The lowest BCUT2D eigenvalue weighted by Gasteiger charge is -2.26. The number of thiophene rings is 1. The van der Waals surface area contributed by atoms with Gasteiger partial charge in [-0.2, -0.15) is 0 Å². The molecule has 1 amide bonds. The normalized spacial score (nSPS) is 19.3. The van der Waals surface area contributed by atoms with Crippen LogP contribution in [0.1, 0.15) is 45.4 Å². The number of amides is 1. The van der Waals surface area contributed by atoms with Crippen molar-refractivity contribution < 1.29 is 9.72 Å². The van der Waals surface area contributed by atoms with Crippen LogP contribution in [0.5, 0.6) is 0 Å². The lowest BCUT2D eigenvalue weighted by atomic mass is 9.94. The number of carbonyl (C=O) groups excluding carboxylic acids is 1. The number of fused-ring (bicyclic) bond motifs is 3. The first-order valence-corrected chi connectivity index (χ1v) is 8.42. The predicted molar refractivity (Wildman–Crippen MR) is 87.9 cm³/mol. The molecule has 23 heavy (non-hydrogen) atoms. The topological polar surface area (TPSA) is 84.3 Å². The van der Waals surface area contributed by atoms with E-state index >= 15 is 0 Å². The lowest BCUT2D eigenvalue weighted by Crippen LogP contribution is -2.38. The quantitative estimate of drug-likeness (QED) is 0.653. The van der Waals surface area contributed by atoms with Gasteiger partial charge in [-0.1, -0.05) is 12.1 Å². The lowest BCUT2D eigenvalue weighted by molar-refractivity contribution is -0.385. The van der Waals surface area contributed by atoms with Crippen molar-refractivity contribution in [3.63, 3.8) is 0 Å². The van der Waals surface area contributed by atoms with Gasteiger partial charge in [0.25, 0.3) is 11.6 Å². The second kappa shape index (κ2) is 5.34. The minimum atomic E-state index is -0.572. The highest BCUT2D eigenvalue weighted by molar-refractivity contribution is 7.16. The van der Waals surface area contributed by atoms with Gasteiger partial charge in [-0.05, 0) is 37.3 Å². The summed E-state index contributed by atoms with van der Waals surface area (Å²) < 4.78 is 0. The number of aryl methyl sites for hydroxylation is 1. The number of nitro groups is 1. The van der Waals surface area contributed by atoms with E-state index in [1.165, 1.54) is 10.9 Å². The van der Waals surface area contributed by atoms with Gasteiger partial charge in [0, 0.05) is 10.9 Å². The molecule has 2 aliphatic rings. The van der Waals surface area contributed by atoms with E-state index in [2.05, 4.69) is 10.6 Å². The van der Waals surface area contributed by atoms with Crippen LogP contribution in [0.25, 0.3) is 0 Å². The van der Waals surface area contributed by atoms with Crippen LogP contribution in [0.3, 0.4) is 0 Å². The largest absolute Gasteiger partial charge is 0.352 e. The fraction of sp³-hybridized carbons (Fsp3) is 0.312. The van der Waals surface area contributed by atoms with Gasteiger partial charge in [-0.15, -0.1) is 11.3 Å². The van der Waals surface area contributed by atoms with Crippen molar-refractivity contribution in [2.24, 2.45) is 0 Å². The second-order valence-corrected chi connectivity index (χ2v) is 6.89. The fourth-order valence-electron chi connectivity index (χ4n) is 3.33. The second-order valence-electron chi connectivity index (χ2n) is 5.78. The minimum Gasteiger partial charge on any atom is -0.352 e. The van der Waals surface area contributed by atoms with Crippen LogP contribution in [-0.2, 0) is 12.8 Å². The van der Waals surface area contributed by atoms with Crippen molar-refractivity contribution in [1.29, 1.82) is 0 Å². The molecule has 0 unspecified atom stereocenters. The molecule has 1 aromatic carbocycles. The molecule has 2 heterocycles. The van der Waals surface area contributed by atoms with Crippen molar-refractivity contribution in [2.45, 2.75) is 31.8 Å². The Bertz CT molecular complexity index is 815. The van der Waals surface area contributed by atoms with E-state index in [-0.39, 0.29) is 11.6 Å². The Hall–Kier alpha value is -2.41. The third-order valence-corrected chi connectivity index (χ3v) is 5.62. The molecular weight excluding hydrogens is 314 g/mol. The molecule has 4 rings (SSSR count). The molecule has 0 saturated heterocycles. The Morgan fingerprint density at radius 2 is 1.96 bits per heavy atom. The highest BCUT2D eigenvalue weighted by Crippen LogP contribution is 2.42. The molecule has 1 aliphatic carbocycles. The van der Waals surface area contributed by atoms with Gasteiger partial charge < -0.3 is 10.6 Å². The number of hydrogen-bond acceptors (Lipinski definition) is 5. The van der Waals surface area contributed by atoms with E-state index in [4.69, 9.17) is 0 Å². The summed E-state index contributed by atoms with van der Waals surface area (Å²) in [7, 11) is 0. The number of nitrogens with one attached hydrogen (secondary N) is 2. The SMILES string of the molecule is O=C1N[C@@H](c2ccccc2[N+](=O)[O-])Nc2sc3c(c21)CCCC3. The molecule has 7 heteroatoms. The molecule has 0 radical (unpaired) electrons. The molecule has 1 atom stereocenters. The average molecular weight is 329 g/mol. The Labute approximate surface area is 136 Å². The molecule has 1 aromatic heterocycles. The fourth-order valence-corrected chi connectivity index (χ4v) is 4.65.